The Morgan fingerprint density at radius 3 is 2.23 bits per heavy atom. The number of halogens is 1. The fourth-order valence-corrected chi connectivity index (χ4v) is 2.52. The second-order valence-corrected chi connectivity index (χ2v) is 5.25. The first-order valence-corrected chi connectivity index (χ1v) is 7.44. The number of hydrogen-bond donors (Lipinski definition) is 2. The number of benzene rings is 2. The number of para-hydroxylation sites is 2. The first kappa shape index (κ1) is 16.7. The summed E-state index contributed by atoms with van der Waals surface area (Å²) in [5.74, 6) is -0.591. The Kier molecular flexibility index (Phi) is 4.38. The molecule has 0 unspecified atom stereocenters. The van der Waals surface area contributed by atoms with Crippen molar-refractivity contribution < 1.29 is 9.13 Å². The van der Waals surface area contributed by atoms with Crippen LogP contribution in [0.5, 0.6) is 11.5 Å². The van der Waals surface area contributed by atoms with E-state index in [1.165, 1.54) is 18.2 Å². The lowest BCUT2D eigenvalue weighted by Gasteiger charge is -2.14. The number of nitrogens with zero attached hydrogens (tertiary/aromatic N) is 2. The minimum Gasteiger partial charge on any atom is -0.454 e. The third kappa shape index (κ3) is 2.85. The lowest BCUT2D eigenvalue weighted by atomic mass is 9.96. The minimum atomic E-state index is -0.723. The summed E-state index contributed by atoms with van der Waals surface area (Å²) >= 11 is 0. The molecule has 126 valence electrons. The maximum atomic E-state index is 13.9. The van der Waals surface area contributed by atoms with Crippen LogP contribution in [0.1, 0.15) is 11.1 Å². The minimum absolute atomic E-state index is 0.0326. The van der Waals surface area contributed by atoms with Crippen LogP contribution in [0.3, 0.4) is 0 Å². The molecule has 26 heavy (non-hydrogen) atoms. The van der Waals surface area contributed by atoms with Gasteiger partial charge in [-0.15, -0.1) is 0 Å². The van der Waals surface area contributed by atoms with Crippen LogP contribution in [0, 0.1) is 28.5 Å². The van der Waals surface area contributed by atoms with E-state index < -0.39 is 11.4 Å². The maximum Gasteiger partial charge on any atom is 0.268 e. The van der Waals surface area contributed by atoms with Gasteiger partial charge in [0.2, 0.25) is 0 Å². The van der Waals surface area contributed by atoms with Crippen LogP contribution in [0.25, 0.3) is 11.1 Å². The monoisotopic (exact) mass is 346 g/mol. The predicted octanol–water partition coefficient (Wildman–Crippen LogP) is 3.30. The number of aromatic amines is 1. The van der Waals surface area contributed by atoms with E-state index in [1.807, 2.05) is 6.07 Å². The van der Waals surface area contributed by atoms with Gasteiger partial charge < -0.3 is 15.5 Å². The Bertz CT molecular complexity index is 1140. The van der Waals surface area contributed by atoms with E-state index in [0.29, 0.717) is 0 Å². The summed E-state index contributed by atoms with van der Waals surface area (Å²) in [6.07, 6.45) is 0. The fraction of sp³-hybridized carbons (Fsp3) is 0. The summed E-state index contributed by atoms with van der Waals surface area (Å²) in [5, 5.41) is 18.8. The van der Waals surface area contributed by atoms with Crippen molar-refractivity contribution in [3.8, 4) is 34.8 Å². The molecule has 0 saturated heterocycles. The number of nitrogens with one attached hydrogen (secondary N) is 1. The molecule has 0 aliphatic rings. The first-order chi connectivity index (χ1) is 12.6. The quantitative estimate of drug-likeness (QED) is 0.755. The van der Waals surface area contributed by atoms with E-state index in [2.05, 4.69) is 4.98 Å². The molecule has 0 aliphatic carbocycles. The summed E-state index contributed by atoms with van der Waals surface area (Å²) < 4.78 is 19.6. The topological polar surface area (TPSA) is 116 Å². The van der Waals surface area contributed by atoms with Crippen molar-refractivity contribution in [2.75, 3.05) is 5.73 Å². The lowest BCUT2D eigenvalue weighted by Crippen LogP contribution is -2.16. The number of aromatic nitrogens is 1. The van der Waals surface area contributed by atoms with E-state index in [0.717, 1.165) is 0 Å². The Balaban J connectivity index is 2.28. The predicted molar refractivity (Wildman–Crippen MR) is 92.8 cm³/mol. The van der Waals surface area contributed by atoms with Crippen molar-refractivity contribution in [1.82, 2.24) is 4.98 Å². The Morgan fingerprint density at radius 1 is 0.962 bits per heavy atom. The van der Waals surface area contributed by atoms with Crippen molar-refractivity contribution in [3.05, 3.63) is 75.8 Å². The number of rotatable bonds is 3. The second kappa shape index (κ2) is 6.80. The molecule has 0 fully saturated rings. The van der Waals surface area contributed by atoms with Gasteiger partial charge in [0, 0.05) is 11.1 Å². The van der Waals surface area contributed by atoms with Gasteiger partial charge in [0.1, 0.15) is 34.8 Å². The normalized spacial score (nSPS) is 9.96. The highest BCUT2D eigenvalue weighted by atomic mass is 19.1. The molecule has 0 bridgehead atoms. The number of nitrogens with two attached hydrogens (primary N) is 1. The molecule has 3 rings (SSSR count). The lowest BCUT2D eigenvalue weighted by molar-refractivity contribution is 0.443. The summed E-state index contributed by atoms with van der Waals surface area (Å²) in [4.78, 5) is 14.4. The summed E-state index contributed by atoms with van der Waals surface area (Å²) in [7, 11) is 0. The van der Waals surface area contributed by atoms with E-state index in [9.17, 15) is 19.7 Å². The van der Waals surface area contributed by atoms with Crippen LogP contribution >= 0.6 is 0 Å². The van der Waals surface area contributed by atoms with Gasteiger partial charge in [0.25, 0.3) is 5.56 Å². The van der Waals surface area contributed by atoms with E-state index in [4.69, 9.17) is 10.5 Å². The SMILES string of the molecule is N#Cc1c(N)[nH]c(=O)c(C#N)c1-c1ccccc1Oc1ccccc1F. The molecule has 0 saturated carbocycles. The summed E-state index contributed by atoms with van der Waals surface area (Å²) in [6, 6.07) is 15.9. The van der Waals surface area contributed by atoms with E-state index >= 15 is 0 Å². The largest absolute Gasteiger partial charge is 0.454 e. The molecule has 0 radical (unpaired) electrons. The van der Waals surface area contributed by atoms with Gasteiger partial charge in [0.05, 0.1) is 0 Å². The zero-order valence-corrected chi connectivity index (χ0v) is 13.3. The van der Waals surface area contributed by atoms with Crippen molar-refractivity contribution >= 4 is 5.82 Å². The zero-order chi connectivity index (χ0) is 18.7. The Hall–Kier alpha value is -4.10. The van der Waals surface area contributed by atoms with Gasteiger partial charge in [-0.05, 0) is 18.2 Å². The molecule has 0 aliphatic heterocycles. The highest BCUT2D eigenvalue weighted by Gasteiger charge is 2.21. The molecule has 0 atom stereocenters. The second-order valence-electron chi connectivity index (χ2n) is 5.25. The highest BCUT2D eigenvalue weighted by Crippen LogP contribution is 2.37. The fourth-order valence-electron chi connectivity index (χ4n) is 2.52. The van der Waals surface area contributed by atoms with Gasteiger partial charge in [-0.25, -0.2) is 4.39 Å². The van der Waals surface area contributed by atoms with Crippen molar-refractivity contribution in [3.63, 3.8) is 0 Å². The van der Waals surface area contributed by atoms with Crippen LogP contribution in [0.4, 0.5) is 10.2 Å². The molecule has 1 aromatic heterocycles. The summed E-state index contributed by atoms with van der Waals surface area (Å²) in [5.41, 5.74) is 4.99. The third-order valence-corrected chi connectivity index (χ3v) is 3.68. The highest BCUT2D eigenvalue weighted by molar-refractivity contribution is 5.83. The Labute approximate surface area is 147 Å². The summed E-state index contributed by atoms with van der Waals surface area (Å²) in [6.45, 7) is 0. The zero-order valence-electron chi connectivity index (χ0n) is 13.3. The molecule has 1 heterocycles. The van der Waals surface area contributed by atoms with Crippen LogP contribution < -0.4 is 16.0 Å². The number of H-pyrrole nitrogens is 1. The molecule has 2 aromatic carbocycles. The average Bonchev–Trinajstić information content (AvgIpc) is 2.63. The molecular weight excluding hydrogens is 335 g/mol. The maximum absolute atomic E-state index is 13.9. The molecule has 0 amide bonds. The van der Waals surface area contributed by atoms with Crippen LogP contribution in [0.15, 0.2) is 53.3 Å². The molecular formula is C19H11FN4O2. The van der Waals surface area contributed by atoms with Crippen molar-refractivity contribution in [2.24, 2.45) is 0 Å². The number of hydrogen-bond acceptors (Lipinski definition) is 5. The molecule has 0 spiro atoms. The van der Waals surface area contributed by atoms with E-state index in [1.54, 1.807) is 36.4 Å². The van der Waals surface area contributed by atoms with Crippen LogP contribution in [-0.2, 0) is 0 Å². The standard InChI is InChI=1S/C19H11FN4O2/c20-14-6-2-4-8-16(14)26-15-7-3-1-5-11(15)17-12(9-21)18(23)24-19(25)13(17)10-22/h1-8H,(H3,23,24,25). The first-order valence-electron chi connectivity index (χ1n) is 7.44. The van der Waals surface area contributed by atoms with E-state index in [-0.39, 0.29) is 39.6 Å². The smallest absolute Gasteiger partial charge is 0.268 e. The number of ether oxygens (including phenoxy) is 1. The molecule has 3 N–H and O–H groups in total. The van der Waals surface area contributed by atoms with Gasteiger partial charge in [0.15, 0.2) is 11.6 Å². The number of nitrogen functional groups attached to an aromatic ring is 1. The molecule has 6 nitrogen and oxygen atoms in total. The number of nitriles is 2. The van der Waals surface area contributed by atoms with Crippen LogP contribution in [0.2, 0.25) is 0 Å². The van der Waals surface area contributed by atoms with Gasteiger partial charge >= 0.3 is 0 Å². The van der Waals surface area contributed by atoms with Crippen LogP contribution in [-0.4, -0.2) is 4.98 Å². The van der Waals surface area contributed by atoms with Gasteiger partial charge in [-0.1, -0.05) is 30.3 Å². The van der Waals surface area contributed by atoms with Crippen molar-refractivity contribution in [2.45, 2.75) is 0 Å². The molecule has 7 heteroatoms. The van der Waals surface area contributed by atoms with Gasteiger partial charge in [-0.2, -0.15) is 10.5 Å². The Morgan fingerprint density at radius 2 is 1.58 bits per heavy atom. The van der Waals surface area contributed by atoms with Gasteiger partial charge in [-0.3, -0.25) is 4.79 Å². The molecule has 3 aromatic rings. The number of pyridine rings is 1. The average molecular weight is 346 g/mol. The third-order valence-electron chi connectivity index (χ3n) is 3.68. The number of anilines is 1. The van der Waals surface area contributed by atoms with Crippen molar-refractivity contribution in [1.29, 1.82) is 10.5 Å².